The van der Waals surface area contributed by atoms with Crippen LogP contribution in [0.25, 0.3) is 0 Å². The van der Waals surface area contributed by atoms with Crippen LogP contribution in [0, 0.1) is 29.6 Å². The summed E-state index contributed by atoms with van der Waals surface area (Å²) in [4.78, 5) is 16.7. The van der Waals surface area contributed by atoms with Crippen LogP contribution < -0.4 is 11.1 Å². The molecule has 108 valence electrons. The van der Waals surface area contributed by atoms with Crippen LogP contribution in [0.4, 0.5) is 6.01 Å². The van der Waals surface area contributed by atoms with Gasteiger partial charge in [-0.2, -0.15) is 4.98 Å². The summed E-state index contributed by atoms with van der Waals surface area (Å²) in [6, 6.07) is 0.296. The van der Waals surface area contributed by atoms with E-state index in [2.05, 4.69) is 10.3 Å². The van der Waals surface area contributed by atoms with Gasteiger partial charge in [0.05, 0.1) is 5.69 Å². The van der Waals surface area contributed by atoms with Crippen molar-refractivity contribution in [2.45, 2.75) is 38.6 Å². The smallest absolute Gasteiger partial charge is 0.301 e. The van der Waals surface area contributed by atoms with Gasteiger partial charge in [-0.05, 0) is 55.8 Å². The topological polar surface area (TPSA) is 81.1 Å². The summed E-state index contributed by atoms with van der Waals surface area (Å²) in [5.74, 6) is 3.19. The lowest BCUT2D eigenvalue weighted by Crippen LogP contribution is -2.49. The van der Waals surface area contributed by atoms with Crippen LogP contribution in [0.1, 0.15) is 37.8 Å². The summed E-state index contributed by atoms with van der Waals surface area (Å²) < 4.78 is 5.25. The number of oxazole rings is 1. The van der Waals surface area contributed by atoms with Crippen molar-refractivity contribution in [1.29, 1.82) is 0 Å². The summed E-state index contributed by atoms with van der Waals surface area (Å²) >= 11 is 0. The van der Waals surface area contributed by atoms with Crippen LogP contribution in [-0.4, -0.2) is 10.9 Å². The molecule has 4 saturated carbocycles. The van der Waals surface area contributed by atoms with E-state index in [4.69, 9.17) is 10.2 Å². The maximum absolute atomic E-state index is 12.6. The van der Waals surface area contributed by atoms with Crippen LogP contribution in [0.2, 0.25) is 0 Å². The molecule has 0 radical (unpaired) electrons. The van der Waals surface area contributed by atoms with E-state index in [1.165, 1.54) is 38.4 Å². The first-order valence-electron chi connectivity index (χ1n) is 7.68. The molecule has 1 aromatic heterocycles. The SMILES string of the molecule is NCc1coc(NC(=O)C2C3CC4CC(C3)CC2C4)n1. The van der Waals surface area contributed by atoms with Crippen molar-refractivity contribution in [2.24, 2.45) is 35.3 Å². The van der Waals surface area contributed by atoms with E-state index in [9.17, 15) is 4.79 Å². The number of anilines is 1. The summed E-state index contributed by atoms with van der Waals surface area (Å²) in [5.41, 5.74) is 6.17. The average molecular weight is 275 g/mol. The summed E-state index contributed by atoms with van der Waals surface area (Å²) in [5, 5.41) is 2.85. The molecule has 20 heavy (non-hydrogen) atoms. The lowest BCUT2D eigenvalue weighted by molar-refractivity contribution is -0.132. The Bertz CT molecular complexity index is 497. The lowest BCUT2D eigenvalue weighted by atomic mass is 9.51. The van der Waals surface area contributed by atoms with Gasteiger partial charge < -0.3 is 10.2 Å². The predicted octanol–water partition coefficient (Wildman–Crippen LogP) is 2.14. The van der Waals surface area contributed by atoms with E-state index in [1.807, 2.05) is 0 Å². The molecule has 1 aromatic rings. The Morgan fingerprint density at radius 3 is 2.45 bits per heavy atom. The number of carbonyl (C=O) groups is 1. The van der Waals surface area contributed by atoms with Gasteiger partial charge in [0.2, 0.25) is 5.91 Å². The first-order chi connectivity index (χ1) is 9.72. The van der Waals surface area contributed by atoms with Gasteiger partial charge in [0.15, 0.2) is 0 Å². The van der Waals surface area contributed by atoms with Crippen LogP contribution >= 0.6 is 0 Å². The maximum Gasteiger partial charge on any atom is 0.301 e. The molecule has 5 rings (SSSR count). The van der Waals surface area contributed by atoms with E-state index in [1.54, 1.807) is 0 Å². The molecule has 5 nitrogen and oxygen atoms in total. The predicted molar refractivity (Wildman–Crippen MR) is 73.6 cm³/mol. The van der Waals surface area contributed by atoms with Gasteiger partial charge in [0, 0.05) is 12.5 Å². The Hall–Kier alpha value is -1.36. The van der Waals surface area contributed by atoms with Crippen molar-refractivity contribution in [2.75, 3.05) is 5.32 Å². The maximum atomic E-state index is 12.6. The van der Waals surface area contributed by atoms with Gasteiger partial charge >= 0.3 is 6.01 Å². The fraction of sp³-hybridized carbons (Fsp3) is 0.733. The largest absolute Gasteiger partial charge is 0.432 e. The molecule has 4 aliphatic rings. The Kier molecular flexibility index (Phi) is 2.84. The van der Waals surface area contributed by atoms with Crippen LogP contribution in [0.3, 0.4) is 0 Å². The fourth-order valence-electron chi connectivity index (χ4n) is 5.00. The highest BCUT2D eigenvalue weighted by Crippen LogP contribution is 2.56. The van der Waals surface area contributed by atoms with Crippen molar-refractivity contribution in [1.82, 2.24) is 4.98 Å². The van der Waals surface area contributed by atoms with Crippen LogP contribution in [0.15, 0.2) is 10.7 Å². The molecule has 0 spiro atoms. The minimum atomic E-state index is 0.101. The number of carbonyl (C=O) groups excluding carboxylic acids is 1. The van der Waals surface area contributed by atoms with Gasteiger partial charge in [0.25, 0.3) is 0 Å². The minimum absolute atomic E-state index is 0.101. The summed E-state index contributed by atoms with van der Waals surface area (Å²) in [6.45, 7) is 0.331. The first-order valence-corrected chi connectivity index (χ1v) is 7.68. The lowest BCUT2D eigenvalue weighted by Gasteiger charge is -2.53. The second kappa shape index (κ2) is 4.58. The monoisotopic (exact) mass is 275 g/mol. The Labute approximate surface area is 118 Å². The molecule has 3 N–H and O–H groups in total. The number of rotatable bonds is 3. The van der Waals surface area contributed by atoms with Gasteiger partial charge in [0.1, 0.15) is 6.26 Å². The summed E-state index contributed by atoms with van der Waals surface area (Å²) in [6.07, 6.45) is 7.87. The van der Waals surface area contributed by atoms with Gasteiger partial charge in [-0.1, -0.05) is 0 Å². The van der Waals surface area contributed by atoms with Gasteiger partial charge in [-0.3, -0.25) is 10.1 Å². The van der Waals surface area contributed by atoms with E-state index in [-0.39, 0.29) is 11.8 Å². The highest BCUT2D eigenvalue weighted by molar-refractivity contribution is 5.91. The number of hydrogen-bond acceptors (Lipinski definition) is 4. The Morgan fingerprint density at radius 1 is 1.25 bits per heavy atom. The van der Waals surface area contributed by atoms with Gasteiger partial charge in [-0.15, -0.1) is 0 Å². The van der Waals surface area contributed by atoms with Crippen molar-refractivity contribution in [3.63, 3.8) is 0 Å². The standard InChI is InChI=1S/C15H21N3O2/c16-6-12-7-20-15(17-12)18-14(19)13-10-2-8-1-9(4-10)5-11(13)3-8/h7-11,13H,1-6,16H2,(H,17,18,19). The third kappa shape index (κ3) is 1.95. The molecule has 4 fully saturated rings. The number of aromatic nitrogens is 1. The molecule has 1 amide bonds. The Balaban J connectivity index is 1.48. The molecule has 0 aliphatic heterocycles. The van der Waals surface area contributed by atoms with E-state index < -0.39 is 0 Å². The number of hydrogen-bond donors (Lipinski definition) is 2. The molecule has 0 aromatic carbocycles. The quantitative estimate of drug-likeness (QED) is 0.885. The molecule has 1 heterocycles. The van der Waals surface area contributed by atoms with Crippen molar-refractivity contribution < 1.29 is 9.21 Å². The third-order valence-electron chi connectivity index (χ3n) is 5.52. The molecule has 0 unspecified atom stereocenters. The number of nitrogens with two attached hydrogens (primary N) is 1. The minimum Gasteiger partial charge on any atom is -0.432 e. The summed E-state index contributed by atoms with van der Waals surface area (Å²) in [7, 11) is 0. The molecule has 4 aliphatic carbocycles. The number of nitrogens with zero attached hydrogens (tertiary/aromatic N) is 1. The van der Waals surface area contributed by atoms with E-state index >= 15 is 0 Å². The molecular weight excluding hydrogens is 254 g/mol. The molecule has 0 saturated heterocycles. The van der Waals surface area contributed by atoms with E-state index in [0.29, 0.717) is 30.1 Å². The second-order valence-electron chi connectivity index (χ2n) is 6.79. The van der Waals surface area contributed by atoms with Crippen LogP contribution in [0.5, 0.6) is 0 Å². The van der Waals surface area contributed by atoms with Crippen molar-refractivity contribution in [3.8, 4) is 0 Å². The first kappa shape index (κ1) is 12.4. The van der Waals surface area contributed by atoms with Gasteiger partial charge in [-0.25, -0.2) is 0 Å². The second-order valence-corrected chi connectivity index (χ2v) is 6.79. The third-order valence-corrected chi connectivity index (χ3v) is 5.52. The number of nitrogens with one attached hydrogen (secondary N) is 1. The highest BCUT2D eigenvalue weighted by Gasteiger charge is 2.50. The number of amides is 1. The zero-order valence-electron chi connectivity index (χ0n) is 11.5. The molecular formula is C15H21N3O2. The van der Waals surface area contributed by atoms with E-state index in [0.717, 1.165) is 11.8 Å². The Morgan fingerprint density at radius 2 is 1.90 bits per heavy atom. The fourth-order valence-corrected chi connectivity index (χ4v) is 5.00. The normalized spacial score (nSPS) is 38.1. The zero-order valence-corrected chi connectivity index (χ0v) is 11.5. The average Bonchev–Trinajstić information content (AvgIpc) is 2.85. The van der Waals surface area contributed by atoms with Crippen molar-refractivity contribution in [3.05, 3.63) is 12.0 Å². The van der Waals surface area contributed by atoms with Crippen molar-refractivity contribution >= 4 is 11.9 Å². The van der Waals surface area contributed by atoms with Crippen LogP contribution in [-0.2, 0) is 11.3 Å². The molecule has 4 bridgehead atoms. The molecule has 5 heteroatoms. The highest BCUT2D eigenvalue weighted by atomic mass is 16.4. The zero-order chi connectivity index (χ0) is 13.7. The molecule has 0 atom stereocenters.